The number of sulfonamides is 1. The van der Waals surface area contributed by atoms with E-state index < -0.39 is 10.0 Å². The van der Waals surface area contributed by atoms with Crippen LogP contribution < -0.4 is 0 Å². The lowest BCUT2D eigenvalue weighted by atomic mass is 10.1. The Hall–Kier alpha value is -1.29. The standard InChI is InChI=1S/C11H13NO2S/c1-8(2)12-9(3)10-6-4-5-7-11(10)15(12,13)14/h4-8H,3H2,1-2H3. The molecule has 0 saturated carbocycles. The highest BCUT2D eigenvalue weighted by atomic mass is 32.2. The second-order valence-corrected chi connectivity index (χ2v) is 5.62. The number of rotatable bonds is 1. The molecule has 1 aromatic carbocycles. The van der Waals surface area contributed by atoms with Crippen LogP contribution in [-0.2, 0) is 10.0 Å². The summed E-state index contributed by atoms with van der Waals surface area (Å²) in [5.41, 5.74) is 1.28. The van der Waals surface area contributed by atoms with E-state index in [-0.39, 0.29) is 6.04 Å². The van der Waals surface area contributed by atoms with Crippen molar-refractivity contribution in [1.29, 1.82) is 0 Å². The topological polar surface area (TPSA) is 37.4 Å². The quantitative estimate of drug-likeness (QED) is 0.731. The summed E-state index contributed by atoms with van der Waals surface area (Å²) >= 11 is 0. The van der Waals surface area contributed by atoms with E-state index in [0.29, 0.717) is 16.2 Å². The minimum atomic E-state index is -3.36. The van der Waals surface area contributed by atoms with Crippen molar-refractivity contribution in [2.75, 3.05) is 0 Å². The van der Waals surface area contributed by atoms with Gasteiger partial charge in [0.25, 0.3) is 10.0 Å². The first-order valence-electron chi connectivity index (χ1n) is 4.79. The molecule has 0 N–H and O–H groups in total. The Bertz CT molecular complexity index is 517. The highest BCUT2D eigenvalue weighted by Gasteiger charge is 2.37. The van der Waals surface area contributed by atoms with Gasteiger partial charge in [-0.05, 0) is 19.9 Å². The van der Waals surface area contributed by atoms with Gasteiger partial charge in [-0.15, -0.1) is 0 Å². The molecule has 0 aromatic heterocycles. The number of fused-ring (bicyclic) bond motifs is 1. The van der Waals surface area contributed by atoms with E-state index in [1.807, 2.05) is 19.9 Å². The van der Waals surface area contributed by atoms with E-state index in [4.69, 9.17) is 0 Å². The van der Waals surface area contributed by atoms with Crippen molar-refractivity contribution in [1.82, 2.24) is 4.31 Å². The Morgan fingerprint density at radius 1 is 1.27 bits per heavy atom. The molecule has 1 aromatic rings. The first kappa shape index (κ1) is 10.2. The van der Waals surface area contributed by atoms with E-state index in [1.165, 1.54) is 4.31 Å². The van der Waals surface area contributed by atoms with Crippen molar-refractivity contribution in [3.8, 4) is 0 Å². The fraction of sp³-hybridized carbons (Fsp3) is 0.273. The van der Waals surface area contributed by atoms with E-state index >= 15 is 0 Å². The molecule has 1 aliphatic rings. The average Bonchev–Trinajstić information content (AvgIpc) is 2.36. The summed E-state index contributed by atoms with van der Waals surface area (Å²) in [4.78, 5) is 0.365. The lowest BCUT2D eigenvalue weighted by molar-refractivity contribution is 0.467. The minimum Gasteiger partial charge on any atom is -0.264 e. The largest absolute Gasteiger partial charge is 0.265 e. The van der Waals surface area contributed by atoms with Crippen molar-refractivity contribution in [2.24, 2.45) is 0 Å². The maximum Gasteiger partial charge on any atom is 0.265 e. The summed E-state index contributed by atoms with van der Waals surface area (Å²) in [6.07, 6.45) is 0. The molecule has 1 heterocycles. The highest BCUT2D eigenvalue weighted by Crippen LogP contribution is 2.38. The van der Waals surface area contributed by atoms with Gasteiger partial charge in [-0.3, -0.25) is 4.31 Å². The van der Waals surface area contributed by atoms with E-state index in [0.717, 1.165) is 0 Å². The number of hydrogen-bond donors (Lipinski definition) is 0. The first-order valence-corrected chi connectivity index (χ1v) is 6.23. The normalized spacial score (nSPS) is 18.3. The summed E-state index contributed by atoms with van der Waals surface area (Å²) in [5.74, 6) is 0. The number of hydrogen-bond acceptors (Lipinski definition) is 2. The number of benzene rings is 1. The van der Waals surface area contributed by atoms with Crippen molar-refractivity contribution in [3.63, 3.8) is 0 Å². The summed E-state index contributed by atoms with van der Waals surface area (Å²) in [6, 6.07) is 6.86. The second-order valence-electron chi connectivity index (χ2n) is 3.84. The van der Waals surface area contributed by atoms with Crippen LogP contribution in [0.15, 0.2) is 35.7 Å². The van der Waals surface area contributed by atoms with Gasteiger partial charge < -0.3 is 0 Å². The van der Waals surface area contributed by atoms with Crippen LogP contribution in [0.2, 0.25) is 0 Å². The fourth-order valence-corrected chi connectivity index (χ4v) is 3.76. The maximum atomic E-state index is 12.1. The Morgan fingerprint density at radius 3 is 2.40 bits per heavy atom. The van der Waals surface area contributed by atoms with Gasteiger partial charge in [0.2, 0.25) is 0 Å². The third-order valence-corrected chi connectivity index (χ3v) is 4.54. The SMILES string of the molecule is C=C1c2ccccc2S(=O)(=O)N1C(C)C. The van der Waals surface area contributed by atoms with Gasteiger partial charge in [0.1, 0.15) is 0 Å². The van der Waals surface area contributed by atoms with E-state index in [1.54, 1.807) is 18.2 Å². The van der Waals surface area contributed by atoms with Crippen LogP contribution in [-0.4, -0.2) is 18.8 Å². The molecule has 0 saturated heterocycles. The van der Waals surface area contributed by atoms with Crippen molar-refractivity contribution in [3.05, 3.63) is 36.4 Å². The summed E-state index contributed by atoms with van der Waals surface area (Å²) in [6.45, 7) is 7.52. The maximum absolute atomic E-state index is 12.1. The van der Waals surface area contributed by atoms with Crippen LogP contribution >= 0.6 is 0 Å². The molecule has 15 heavy (non-hydrogen) atoms. The zero-order valence-electron chi connectivity index (χ0n) is 8.77. The molecular weight excluding hydrogens is 210 g/mol. The molecule has 4 heteroatoms. The third kappa shape index (κ3) is 1.28. The minimum absolute atomic E-state index is 0.102. The second kappa shape index (κ2) is 3.10. The van der Waals surface area contributed by atoms with Crippen molar-refractivity contribution < 1.29 is 8.42 Å². The van der Waals surface area contributed by atoms with E-state index in [2.05, 4.69) is 6.58 Å². The van der Waals surface area contributed by atoms with Gasteiger partial charge >= 0.3 is 0 Å². The molecule has 0 bridgehead atoms. The summed E-state index contributed by atoms with van der Waals surface area (Å²) < 4.78 is 25.6. The van der Waals surface area contributed by atoms with Gasteiger partial charge in [0.05, 0.1) is 10.6 Å². The molecule has 0 amide bonds. The molecule has 2 rings (SSSR count). The molecule has 0 aliphatic carbocycles. The van der Waals surface area contributed by atoms with Crippen LogP contribution in [0, 0.1) is 0 Å². The Labute approximate surface area is 90.1 Å². The van der Waals surface area contributed by atoms with Gasteiger partial charge in [-0.1, -0.05) is 24.8 Å². The fourth-order valence-electron chi connectivity index (χ4n) is 1.89. The zero-order chi connectivity index (χ0) is 11.2. The van der Waals surface area contributed by atoms with Crippen LogP contribution in [0.3, 0.4) is 0 Å². The predicted octanol–water partition coefficient (Wildman–Crippen LogP) is 2.07. The third-order valence-electron chi connectivity index (χ3n) is 2.47. The first-order chi connectivity index (χ1) is 6.96. The predicted molar refractivity (Wildman–Crippen MR) is 59.6 cm³/mol. The van der Waals surface area contributed by atoms with Gasteiger partial charge in [-0.25, -0.2) is 8.42 Å². The van der Waals surface area contributed by atoms with Crippen LogP contribution in [0.25, 0.3) is 5.70 Å². The molecular formula is C11H13NO2S. The summed E-state index contributed by atoms with van der Waals surface area (Å²) in [5, 5.41) is 0. The zero-order valence-corrected chi connectivity index (χ0v) is 9.58. The van der Waals surface area contributed by atoms with Crippen molar-refractivity contribution in [2.45, 2.75) is 24.8 Å². The number of nitrogens with zero attached hydrogens (tertiary/aromatic N) is 1. The smallest absolute Gasteiger partial charge is 0.264 e. The molecule has 0 unspecified atom stereocenters. The molecule has 0 atom stereocenters. The van der Waals surface area contributed by atoms with Gasteiger partial charge in [0.15, 0.2) is 0 Å². The van der Waals surface area contributed by atoms with Gasteiger partial charge in [-0.2, -0.15) is 0 Å². The van der Waals surface area contributed by atoms with Crippen LogP contribution in [0.4, 0.5) is 0 Å². The molecule has 0 radical (unpaired) electrons. The molecule has 0 fully saturated rings. The molecule has 80 valence electrons. The van der Waals surface area contributed by atoms with E-state index in [9.17, 15) is 8.42 Å². The monoisotopic (exact) mass is 223 g/mol. The average molecular weight is 223 g/mol. The summed E-state index contributed by atoms with van der Waals surface area (Å²) in [7, 11) is -3.36. The molecule has 3 nitrogen and oxygen atoms in total. The van der Waals surface area contributed by atoms with Crippen molar-refractivity contribution >= 4 is 15.7 Å². The lowest BCUT2D eigenvalue weighted by Crippen LogP contribution is -2.30. The molecule has 0 spiro atoms. The van der Waals surface area contributed by atoms with Crippen LogP contribution in [0.1, 0.15) is 19.4 Å². The van der Waals surface area contributed by atoms with Gasteiger partial charge in [0, 0.05) is 11.6 Å². The lowest BCUT2D eigenvalue weighted by Gasteiger charge is -2.22. The highest BCUT2D eigenvalue weighted by molar-refractivity contribution is 7.90. The Kier molecular flexibility index (Phi) is 2.12. The molecule has 1 aliphatic heterocycles. The Balaban J connectivity index is 2.71. The van der Waals surface area contributed by atoms with Crippen LogP contribution in [0.5, 0.6) is 0 Å². The Morgan fingerprint density at radius 2 is 1.87 bits per heavy atom.